The zero-order valence-corrected chi connectivity index (χ0v) is 14.4. The van der Waals surface area contributed by atoms with E-state index in [-0.39, 0.29) is 24.2 Å². The summed E-state index contributed by atoms with van der Waals surface area (Å²) >= 11 is 0. The molecule has 1 aliphatic heterocycles. The van der Waals surface area contributed by atoms with Gasteiger partial charge in [-0.25, -0.2) is 9.59 Å². The van der Waals surface area contributed by atoms with Crippen LogP contribution in [0.2, 0.25) is 0 Å². The van der Waals surface area contributed by atoms with Gasteiger partial charge in [-0.15, -0.1) is 0 Å². The molecular weight excluding hydrogens is 308 g/mol. The quantitative estimate of drug-likeness (QED) is 0.924. The Morgan fingerprint density at radius 2 is 1.92 bits per heavy atom. The highest BCUT2D eigenvalue weighted by Gasteiger charge is 2.63. The topological polar surface area (TPSA) is 67.9 Å². The lowest BCUT2D eigenvalue weighted by Gasteiger charge is -2.39. The van der Waals surface area contributed by atoms with Crippen LogP contribution in [0.5, 0.6) is 0 Å². The summed E-state index contributed by atoms with van der Waals surface area (Å²) in [4.78, 5) is 25.5. The fraction of sp³-hybridized carbons (Fsp3) is 0.556. The molecule has 2 amide bonds. The monoisotopic (exact) mass is 332 g/mol. The summed E-state index contributed by atoms with van der Waals surface area (Å²) in [6.07, 6.45) is 0.191. The van der Waals surface area contributed by atoms with E-state index in [1.807, 2.05) is 51.1 Å². The average Bonchev–Trinajstić information content (AvgIpc) is 3.16. The molecule has 130 valence electrons. The van der Waals surface area contributed by atoms with Crippen molar-refractivity contribution in [3.63, 3.8) is 0 Å². The van der Waals surface area contributed by atoms with Gasteiger partial charge in [-0.1, -0.05) is 30.3 Å². The van der Waals surface area contributed by atoms with Gasteiger partial charge in [0.05, 0.1) is 0 Å². The largest absolute Gasteiger partial charge is 0.445 e. The maximum absolute atomic E-state index is 12.0. The second-order valence-corrected chi connectivity index (χ2v) is 7.66. The van der Waals surface area contributed by atoms with Crippen LogP contribution in [-0.4, -0.2) is 41.8 Å². The number of carbonyl (C=O) groups excluding carboxylic acids is 2. The number of rotatable bonds is 3. The second-order valence-electron chi connectivity index (χ2n) is 7.66. The van der Waals surface area contributed by atoms with Crippen LogP contribution in [0.1, 0.15) is 32.8 Å². The summed E-state index contributed by atoms with van der Waals surface area (Å²) in [5.74, 6) is 0. The number of amides is 2. The minimum absolute atomic E-state index is 0.0165. The van der Waals surface area contributed by atoms with E-state index < -0.39 is 11.7 Å². The zero-order chi connectivity index (χ0) is 17.4. The van der Waals surface area contributed by atoms with Crippen LogP contribution in [0.4, 0.5) is 9.59 Å². The molecule has 1 saturated carbocycles. The zero-order valence-electron chi connectivity index (χ0n) is 14.4. The van der Waals surface area contributed by atoms with Crippen LogP contribution in [0.3, 0.4) is 0 Å². The van der Waals surface area contributed by atoms with Crippen LogP contribution in [-0.2, 0) is 16.1 Å². The summed E-state index contributed by atoms with van der Waals surface area (Å²) in [5.41, 5.74) is 0.485. The molecule has 0 bridgehead atoms. The van der Waals surface area contributed by atoms with E-state index >= 15 is 0 Å². The van der Waals surface area contributed by atoms with Gasteiger partial charge in [0.2, 0.25) is 0 Å². The predicted octanol–water partition coefficient (Wildman–Crippen LogP) is 2.92. The molecule has 2 aliphatic rings. The van der Waals surface area contributed by atoms with Crippen molar-refractivity contribution in [2.24, 2.45) is 5.41 Å². The van der Waals surface area contributed by atoms with Crippen LogP contribution >= 0.6 is 0 Å². The van der Waals surface area contributed by atoms with Crippen LogP contribution in [0, 0.1) is 5.41 Å². The summed E-state index contributed by atoms with van der Waals surface area (Å²) in [7, 11) is 0. The molecule has 1 N–H and O–H groups in total. The molecule has 1 aliphatic carbocycles. The van der Waals surface area contributed by atoms with Gasteiger partial charge >= 0.3 is 12.2 Å². The van der Waals surface area contributed by atoms with E-state index in [0.717, 1.165) is 12.0 Å². The Bertz CT molecular complexity index is 618. The molecule has 2 fully saturated rings. The van der Waals surface area contributed by atoms with E-state index in [4.69, 9.17) is 9.47 Å². The van der Waals surface area contributed by atoms with Gasteiger partial charge in [-0.05, 0) is 32.8 Å². The highest BCUT2D eigenvalue weighted by molar-refractivity contribution is 5.71. The highest BCUT2D eigenvalue weighted by Crippen LogP contribution is 2.53. The van der Waals surface area contributed by atoms with Gasteiger partial charge in [0, 0.05) is 24.5 Å². The Morgan fingerprint density at radius 3 is 2.54 bits per heavy atom. The van der Waals surface area contributed by atoms with E-state index in [1.165, 1.54) is 0 Å². The molecule has 6 nitrogen and oxygen atoms in total. The lowest BCUT2D eigenvalue weighted by Crippen LogP contribution is -2.55. The van der Waals surface area contributed by atoms with Gasteiger partial charge in [-0.3, -0.25) is 0 Å². The van der Waals surface area contributed by atoms with Gasteiger partial charge in [-0.2, -0.15) is 0 Å². The molecule has 3 rings (SSSR count). The molecular formula is C18H24N2O4. The Hall–Kier alpha value is -2.24. The number of nitrogens with zero attached hydrogens (tertiary/aromatic N) is 1. The molecule has 0 radical (unpaired) electrons. The first-order valence-electron chi connectivity index (χ1n) is 8.23. The Balaban J connectivity index is 1.38. The molecule has 6 heteroatoms. The third kappa shape index (κ3) is 3.80. The Morgan fingerprint density at radius 1 is 1.25 bits per heavy atom. The summed E-state index contributed by atoms with van der Waals surface area (Å²) in [6, 6.07) is 9.69. The fourth-order valence-corrected chi connectivity index (χ4v) is 3.00. The first kappa shape index (κ1) is 16.6. The Kier molecular flexibility index (Phi) is 4.15. The molecule has 24 heavy (non-hydrogen) atoms. The molecule has 1 aromatic carbocycles. The van der Waals surface area contributed by atoms with Gasteiger partial charge in [0.1, 0.15) is 12.2 Å². The third-order valence-electron chi connectivity index (χ3n) is 4.36. The van der Waals surface area contributed by atoms with Crippen molar-refractivity contribution < 1.29 is 19.1 Å². The summed E-state index contributed by atoms with van der Waals surface area (Å²) in [5, 5.41) is 2.88. The molecule has 0 aromatic heterocycles. The minimum Gasteiger partial charge on any atom is -0.445 e. The van der Waals surface area contributed by atoms with Crippen molar-refractivity contribution >= 4 is 12.2 Å². The predicted molar refractivity (Wildman–Crippen MR) is 88.4 cm³/mol. The average molecular weight is 332 g/mol. The Labute approximate surface area is 142 Å². The van der Waals surface area contributed by atoms with Crippen molar-refractivity contribution in [1.29, 1.82) is 0 Å². The van der Waals surface area contributed by atoms with Crippen molar-refractivity contribution in [2.75, 3.05) is 13.1 Å². The number of hydrogen-bond acceptors (Lipinski definition) is 4. The van der Waals surface area contributed by atoms with Crippen molar-refractivity contribution in [3.05, 3.63) is 35.9 Å². The molecule has 1 spiro atoms. The third-order valence-corrected chi connectivity index (χ3v) is 4.36. The van der Waals surface area contributed by atoms with Crippen LogP contribution in [0.25, 0.3) is 0 Å². The lowest BCUT2D eigenvalue weighted by atomic mass is 9.96. The smallest absolute Gasteiger partial charge is 0.410 e. The summed E-state index contributed by atoms with van der Waals surface area (Å²) < 4.78 is 10.6. The second kappa shape index (κ2) is 6.00. The number of carbonyl (C=O) groups is 2. The van der Waals surface area contributed by atoms with Gasteiger partial charge in [0.15, 0.2) is 0 Å². The fourth-order valence-electron chi connectivity index (χ4n) is 3.00. The van der Waals surface area contributed by atoms with Gasteiger partial charge in [0.25, 0.3) is 0 Å². The van der Waals surface area contributed by atoms with Crippen molar-refractivity contribution in [2.45, 2.75) is 45.4 Å². The van der Waals surface area contributed by atoms with E-state index in [9.17, 15) is 9.59 Å². The maximum Gasteiger partial charge on any atom is 0.410 e. The van der Waals surface area contributed by atoms with Crippen molar-refractivity contribution in [1.82, 2.24) is 10.2 Å². The van der Waals surface area contributed by atoms with E-state index in [0.29, 0.717) is 13.1 Å². The number of nitrogens with one attached hydrogen (secondary N) is 1. The van der Waals surface area contributed by atoms with Crippen molar-refractivity contribution in [3.8, 4) is 0 Å². The molecule has 1 heterocycles. The number of ether oxygens (including phenoxy) is 2. The van der Waals surface area contributed by atoms with E-state index in [1.54, 1.807) is 4.90 Å². The molecule has 1 aromatic rings. The maximum atomic E-state index is 12.0. The first-order valence-corrected chi connectivity index (χ1v) is 8.23. The lowest BCUT2D eigenvalue weighted by molar-refractivity contribution is 0.0330. The highest BCUT2D eigenvalue weighted by atomic mass is 16.6. The number of benzene rings is 1. The first-order chi connectivity index (χ1) is 11.3. The van der Waals surface area contributed by atoms with Crippen LogP contribution in [0.15, 0.2) is 30.3 Å². The minimum atomic E-state index is -0.501. The standard InChI is InChI=1S/C18H24N2O4/c1-17(2,3)24-15(21)19-14-9-18(14)11-20(12-18)16(22)23-10-13-7-5-4-6-8-13/h4-8,14H,9-12H2,1-3H3,(H,19,21)/t14-/m1/s1. The number of likely N-dealkylation sites (tertiary alicyclic amines) is 1. The molecule has 1 saturated heterocycles. The number of hydrogen-bond donors (Lipinski definition) is 1. The molecule has 1 atom stereocenters. The summed E-state index contributed by atoms with van der Waals surface area (Å²) in [6.45, 7) is 7.04. The van der Waals surface area contributed by atoms with Gasteiger partial charge < -0.3 is 19.7 Å². The molecule has 0 unspecified atom stereocenters. The van der Waals surface area contributed by atoms with E-state index in [2.05, 4.69) is 5.32 Å². The SMILES string of the molecule is CC(C)(C)OC(=O)N[C@@H]1CC12CN(C(=O)OCc1ccccc1)C2. The normalized spacial score (nSPS) is 21.0. The number of alkyl carbamates (subject to hydrolysis) is 1. The van der Waals surface area contributed by atoms with Crippen LogP contribution < -0.4 is 5.32 Å².